The van der Waals surface area contributed by atoms with Gasteiger partial charge in [0.05, 0.1) is 0 Å². The lowest BCUT2D eigenvalue weighted by molar-refractivity contribution is 0.457. The zero-order valence-electron chi connectivity index (χ0n) is 36.9. The number of fused-ring (bicyclic) bond motifs is 2. The highest BCUT2D eigenvalue weighted by Crippen LogP contribution is 2.43. The van der Waals surface area contributed by atoms with Crippen molar-refractivity contribution in [3.8, 4) is 0 Å². The zero-order chi connectivity index (χ0) is 39.0. The summed E-state index contributed by atoms with van der Waals surface area (Å²) in [6.07, 6.45) is 24.3. The molecule has 6 rings (SSSR count). The van der Waals surface area contributed by atoms with Crippen LogP contribution in [-0.4, -0.2) is 0 Å². The average Bonchev–Trinajstić information content (AvgIpc) is 4.05. The summed E-state index contributed by atoms with van der Waals surface area (Å²) in [6.45, 7) is 40.2. The van der Waals surface area contributed by atoms with Gasteiger partial charge in [-0.3, -0.25) is 0 Å². The predicted molar refractivity (Wildman–Crippen MR) is 235 cm³/mol. The molecule has 0 aromatic heterocycles. The minimum atomic E-state index is 1.12. The van der Waals surface area contributed by atoms with Crippen LogP contribution in [-0.2, 0) is 6.42 Å². The Labute approximate surface area is 308 Å². The van der Waals surface area contributed by atoms with Gasteiger partial charge in [0.25, 0.3) is 0 Å². The van der Waals surface area contributed by atoms with Crippen molar-refractivity contribution in [2.24, 2.45) is 11.8 Å². The lowest BCUT2D eigenvalue weighted by Crippen LogP contribution is -1.95. The topological polar surface area (TPSA) is 0 Å². The van der Waals surface area contributed by atoms with Gasteiger partial charge in [-0.1, -0.05) is 259 Å². The van der Waals surface area contributed by atoms with E-state index in [1.54, 1.807) is 25.7 Å². The van der Waals surface area contributed by atoms with Crippen LogP contribution in [0.15, 0.2) is 78.9 Å². The maximum absolute atomic E-state index is 2.20. The number of aryl methyl sites for hydroxylation is 2. The number of benzene rings is 2. The molecule has 0 saturated heterocycles. The van der Waals surface area contributed by atoms with Crippen LogP contribution in [0.1, 0.15) is 192 Å². The van der Waals surface area contributed by atoms with E-state index in [2.05, 4.69) is 98.8 Å². The predicted octanol–water partition coefficient (Wildman–Crippen LogP) is 17.9. The molecular weight excluding hydrogens is 577 g/mol. The molecule has 284 valence electrons. The second kappa shape index (κ2) is 60.0. The smallest absolute Gasteiger partial charge is 0.00882 e. The van der Waals surface area contributed by atoms with E-state index in [9.17, 15) is 0 Å². The number of rotatable bonds is 0. The third kappa shape index (κ3) is 38.1. The lowest BCUT2D eigenvalue weighted by atomic mass is 10.0. The largest absolute Gasteiger partial charge is 0.0808 e. The van der Waals surface area contributed by atoms with Crippen molar-refractivity contribution in [3.05, 3.63) is 101 Å². The fourth-order valence-electron chi connectivity index (χ4n) is 4.74. The maximum atomic E-state index is 2.20. The third-order valence-electron chi connectivity index (χ3n) is 6.53. The summed E-state index contributed by atoms with van der Waals surface area (Å²) in [6, 6.07) is 17.0. The van der Waals surface area contributed by atoms with Gasteiger partial charge in [0.1, 0.15) is 0 Å². The first kappa shape index (κ1) is 60.9. The Bertz CT molecular complexity index is 784. The molecule has 0 unspecified atom stereocenters. The summed E-state index contributed by atoms with van der Waals surface area (Å²) in [4.78, 5) is 0. The molecule has 4 aliphatic rings. The van der Waals surface area contributed by atoms with Gasteiger partial charge < -0.3 is 0 Å². The molecule has 48 heavy (non-hydrogen) atoms. The number of allylic oxidation sites excluding steroid dienone is 5. The van der Waals surface area contributed by atoms with E-state index >= 15 is 0 Å². The molecular formula is C48H92. The van der Waals surface area contributed by atoms with E-state index in [0.717, 1.165) is 12.8 Å². The molecule has 2 aromatic rings. The van der Waals surface area contributed by atoms with Gasteiger partial charge in [0.15, 0.2) is 0 Å². The monoisotopic (exact) mass is 669 g/mol. The fourth-order valence-corrected chi connectivity index (χ4v) is 4.74. The molecule has 0 aliphatic heterocycles. The molecule has 0 spiro atoms. The van der Waals surface area contributed by atoms with Crippen molar-refractivity contribution in [1.29, 1.82) is 0 Å². The van der Waals surface area contributed by atoms with Gasteiger partial charge >= 0.3 is 0 Å². The Balaban J connectivity index is -0.0000000815. The molecule has 0 radical (unpaired) electrons. The summed E-state index contributed by atoms with van der Waals surface area (Å²) < 4.78 is 0. The maximum Gasteiger partial charge on any atom is -0.00882 e. The molecule has 0 bridgehead atoms. The van der Waals surface area contributed by atoms with E-state index in [1.165, 1.54) is 46.9 Å². The highest BCUT2D eigenvalue weighted by atomic mass is 14.4. The van der Waals surface area contributed by atoms with Crippen molar-refractivity contribution < 1.29 is 0 Å². The van der Waals surface area contributed by atoms with E-state index in [0.29, 0.717) is 0 Å². The standard InChI is InChI=1S/C9H8.C8H14.C8H10.C5H6.9C2H6/c1-2-5-9-7-3-6-8(9)4-1;1-3-7-5-2-6-8(7)4-1;1-7-3-5-8(2)6-4-7;1-2-4-5-3-1;9*1-2/h1-6H,7H2;7-8H,1-6H2;3-6H,1-2H3;1-4H,5H2;9*1-2H3. The SMILES string of the molecule is C1=CCC=C1.C1=Cc2ccccc2C1.C1CC2CCCC2C1.CC.CC.CC.CC.CC.CC.CC.CC.CC.Cc1ccc(C)cc1. The van der Waals surface area contributed by atoms with Crippen LogP contribution in [0.4, 0.5) is 0 Å². The number of hydrogen-bond donors (Lipinski definition) is 0. The van der Waals surface area contributed by atoms with Crippen molar-refractivity contribution >= 4 is 6.08 Å². The molecule has 0 N–H and O–H groups in total. The highest BCUT2D eigenvalue weighted by molar-refractivity contribution is 5.59. The van der Waals surface area contributed by atoms with Crippen LogP contribution in [0.25, 0.3) is 6.08 Å². The molecule has 0 atom stereocenters. The Morgan fingerprint density at radius 1 is 0.417 bits per heavy atom. The summed E-state index contributed by atoms with van der Waals surface area (Å²) in [5.74, 6) is 2.35. The van der Waals surface area contributed by atoms with Gasteiger partial charge in [-0.25, -0.2) is 0 Å². The normalized spacial score (nSPS) is 14.6. The van der Waals surface area contributed by atoms with Gasteiger partial charge in [0.2, 0.25) is 0 Å². The first-order chi connectivity index (χ1) is 23.7. The molecule has 2 aromatic carbocycles. The van der Waals surface area contributed by atoms with E-state index in [-0.39, 0.29) is 0 Å². The first-order valence-electron chi connectivity index (χ1n) is 20.8. The van der Waals surface area contributed by atoms with E-state index in [4.69, 9.17) is 0 Å². The van der Waals surface area contributed by atoms with Crippen LogP contribution < -0.4 is 0 Å². The summed E-state index contributed by atoms with van der Waals surface area (Å²) >= 11 is 0. The van der Waals surface area contributed by atoms with Gasteiger partial charge in [-0.05, 0) is 49.7 Å². The van der Waals surface area contributed by atoms with Gasteiger partial charge in [-0.15, -0.1) is 0 Å². The van der Waals surface area contributed by atoms with E-state index < -0.39 is 0 Å². The Morgan fingerprint density at radius 3 is 1.04 bits per heavy atom. The Hall–Kier alpha value is -2.34. The molecule has 0 amide bonds. The molecule has 0 nitrogen and oxygen atoms in total. The molecule has 2 saturated carbocycles. The van der Waals surface area contributed by atoms with Crippen LogP contribution in [0, 0.1) is 25.7 Å². The van der Waals surface area contributed by atoms with Crippen LogP contribution >= 0.6 is 0 Å². The van der Waals surface area contributed by atoms with Gasteiger partial charge in [0, 0.05) is 0 Å². The van der Waals surface area contributed by atoms with Crippen molar-refractivity contribution in [1.82, 2.24) is 0 Å². The summed E-state index contributed by atoms with van der Waals surface area (Å²) in [5.41, 5.74) is 5.50. The van der Waals surface area contributed by atoms with Gasteiger partial charge in [-0.2, -0.15) is 0 Å². The highest BCUT2D eigenvalue weighted by Gasteiger charge is 2.30. The zero-order valence-corrected chi connectivity index (χ0v) is 36.9. The molecule has 0 heterocycles. The minimum Gasteiger partial charge on any atom is -0.0808 e. The van der Waals surface area contributed by atoms with Crippen LogP contribution in [0.3, 0.4) is 0 Å². The van der Waals surface area contributed by atoms with Crippen LogP contribution in [0.2, 0.25) is 0 Å². The average molecular weight is 669 g/mol. The number of hydrogen-bond acceptors (Lipinski definition) is 0. The van der Waals surface area contributed by atoms with Crippen molar-refractivity contribution in [2.45, 2.75) is 190 Å². The second-order valence-electron chi connectivity index (χ2n) is 8.93. The summed E-state index contributed by atoms with van der Waals surface area (Å²) in [7, 11) is 0. The van der Waals surface area contributed by atoms with E-state index in [1.807, 2.05) is 125 Å². The molecule has 0 heteroatoms. The Kier molecular flexibility index (Phi) is 76.2. The van der Waals surface area contributed by atoms with Crippen molar-refractivity contribution in [3.63, 3.8) is 0 Å². The molecule has 4 aliphatic carbocycles. The van der Waals surface area contributed by atoms with Crippen molar-refractivity contribution in [2.75, 3.05) is 0 Å². The van der Waals surface area contributed by atoms with Crippen LogP contribution in [0.5, 0.6) is 0 Å². The fraction of sp³-hybridized carbons (Fsp3) is 0.625. The minimum absolute atomic E-state index is 1.12. The first-order valence-corrected chi connectivity index (χ1v) is 20.8. The second-order valence-corrected chi connectivity index (χ2v) is 8.93. The third-order valence-corrected chi connectivity index (χ3v) is 6.53. The Morgan fingerprint density at radius 2 is 0.750 bits per heavy atom. The lowest BCUT2D eigenvalue weighted by Gasteiger charge is -2.04. The quantitative estimate of drug-likeness (QED) is 0.262. The summed E-state index contributed by atoms with van der Waals surface area (Å²) in [5, 5.41) is 0. The molecule has 2 fully saturated rings.